The molecule has 0 amide bonds. The highest BCUT2D eigenvalue weighted by Crippen LogP contribution is 2.28. The summed E-state index contributed by atoms with van der Waals surface area (Å²) in [5.74, 6) is 1.57. The Bertz CT molecular complexity index is 735. The fourth-order valence-corrected chi connectivity index (χ4v) is 4.40. The Hall–Kier alpha value is -1.73. The summed E-state index contributed by atoms with van der Waals surface area (Å²) in [4.78, 5) is 4.25. The molecule has 1 aliphatic rings. The Morgan fingerprint density at radius 2 is 1.91 bits per heavy atom. The second-order valence-electron chi connectivity index (χ2n) is 5.90. The SMILES string of the molecule is Cc1noc(C2CCN(S(=O)(=O)CCc3ccccc3)CC2)n1. The van der Waals surface area contributed by atoms with Crippen molar-refractivity contribution in [3.63, 3.8) is 0 Å². The molecule has 124 valence electrons. The average Bonchev–Trinajstić information content (AvgIpc) is 3.01. The van der Waals surface area contributed by atoms with Crippen LogP contribution < -0.4 is 0 Å². The van der Waals surface area contributed by atoms with Gasteiger partial charge in [-0.25, -0.2) is 12.7 Å². The van der Waals surface area contributed by atoms with E-state index in [2.05, 4.69) is 10.1 Å². The van der Waals surface area contributed by atoms with Crippen molar-refractivity contribution >= 4 is 10.0 Å². The van der Waals surface area contributed by atoms with Gasteiger partial charge in [0.1, 0.15) is 0 Å². The van der Waals surface area contributed by atoms with Gasteiger partial charge < -0.3 is 4.52 Å². The second kappa shape index (κ2) is 6.80. The van der Waals surface area contributed by atoms with E-state index in [4.69, 9.17) is 4.52 Å². The number of aryl methyl sites for hydroxylation is 2. The van der Waals surface area contributed by atoms with E-state index in [1.165, 1.54) is 0 Å². The van der Waals surface area contributed by atoms with Crippen LogP contribution >= 0.6 is 0 Å². The smallest absolute Gasteiger partial charge is 0.229 e. The lowest BCUT2D eigenvalue weighted by Gasteiger charge is -2.29. The van der Waals surface area contributed by atoms with Crippen LogP contribution in [0.25, 0.3) is 0 Å². The van der Waals surface area contributed by atoms with Crippen molar-refractivity contribution in [2.24, 2.45) is 0 Å². The van der Waals surface area contributed by atoms with E-state index >= 15 is 0 Å². The molecule has 0 radical (unpaired) electrons. The summed E-state index contributed by atoms with van der Waals surface area (Å²) in [7, 11) is -3.22. The normalized spacial score (nSPS) is 17.4. The number of nitrogens with zero attached hydrogens (tertiary/aromatic N) is 3. The zero-order valence-electron chi connectivity index (χ0n) is 13.2. The third-order valence-corrected chi connectivity index (χ3v) is 6.10. The highest BCUT2D eigenvalue weighted by atomic mass is 32.2. The molecule has 1 aliphatic heterocycles. The number of sulfonamides is 1. The molecule has 0 saturated carbocycles. The van der Waals surface area contributed by atoms with Gasteiger partial charge in [-0.1, -0.05) is 35.5 Å². The minimum absolute atomic E-state index is 0.154. The van der Waals surface area contributed by atoms with E-state index in [-0.39, 0.29) is 11.7 Å². The molecule has 1 aromatic carbocycles. The van der Waals surface area contributed by atoms with Gasteiger partial charge in [0, 0.05) is 19.0 Å². The summed E-state index contributed by atoms with van der Waals surface area (Å²) in [6.07, 6.45) is 2.00. The highest BCUT2D eigenvalue weighted by Gasteiger charge is 2.30. The first kappa shape index (κ1) is 16.1. The fraction of sp³-hybridized carbons (Fsp3) is 0.500. The predicted molar refractivity (Wildman–Crippen MR) is 86.5 cm³/mol. The van der Waals surface area contributed by atoms with Crippen LogP contribution in [-0.4, -0.2) is 41.7 Å². The lowest BCUT2D eigenvalue weighted by Crippen LogP contribution is -2.39. The van der Waals surface area contributed by atoms with Crippen molar-refractivity contribution in [2.45, 2.75) is 32.1 Å². The van der Waals surface area contributed by atoms with Crippen LogP contribution in [0.1, 0.15) is 36.0 Å². The van der Waals surface area contributed by atoms with Crippen molar-refractivity contribution in [1.29, 1.82) is 0 Å². The van der Waals surface area contributed by atoms with Crippen LogP contribution in [0.4, 0.5) is 0 Å². The molecule has 0 unspecified atom stereocenters. The van der Waals surface area contributed by atoms with Crippen molar-refractivity contribution < 1.29 is 12.9 Å². The quantitative estimate of drug-likeness (QED) is 0.836. The monoisotopic (exact) mass is 335 g/mol. The molecule has 0 aliphatic carbocycles. The first-order valence-electron chi connectivity index (χ1n) is 7.86. The Kier molecular flexibility index (Phi) is 4.77. The van der Waals surface area contributed by atoms with Gasteiger partial charge in [-0.15, -0.1) is 0 Å². The largest absolute Gasteiger partial charge is 0.339 e. The number of aromatic nitrogens is 2. The maximum Gasteiger partial charge on any atom is 0.229 e. The van der Waals surface area contributed by atoms with Gasteiger partial charge in [0.15, 0.2) is 5.82 Å². The highest BCUT2D eigenvalue weighted by molar-refractivity contribution is 7.89. The molecular weight excluding hydrogens is 314 g/mol. The third kappa shape index (κ3) is 3.97. The number of piperidine rings is 1. The van der Waals surface area contributed by atoms with E-state index < -0.39 is 10.0 Å². The predicted octanol–water partition coefficient (Wildman–Crippen LogP) is 2.13. The van der Waals surface area contributed by atoms with Gasteiger partial charge in [-0.2, -0.15) is 4.98 Å². The van der Waals surface area contributed by atoms with Crippen LogP contribution in [0, 0.1) is 6.92 Å². The van der Waals surface area contributed by atoms with E-state index in [1.54, 1.807) is 11.2 Å². The van der Waals surface area contributed by atoms with E-state index in [0.29, 0.717) is 31.2 Å². The van der Waals surface area contributed by atoms with Crippen LogP contribution in [0.3, 0.4) is 0 Å². The van der Waals surface area contributed by atoms with Gasteiger partial charge in [0.25, 0.3) is 0 Å². The van der Waals surface area contributed by atoms with E-state index in [0.717, 1.165) is 18.4 Å². The summed E-state index contributed by atoms with van der Waals surface area (Å²) in [5, 5.41) is 3.80. The Labute approximate surface area is 136 Å². The summed E-state index contributed by atoms with van der Waals surface area (Å²) < 4.78 is 31.8. The number of hydrogen-bond donors (Lipinski definition) is 0. The maximum atomic E-state index is 12.5. The van der Waals surface area contributed by atoms with Crippen molar-refractivity contribution in [3.05, 3.63) is 47.6 Å². The van der Waals surface area contributed by atoms with Gasteiger partial charge in [-0.3, -0.25) is 0 Å². The van der Waals surface area contributed by atoms with Gasteiger partial charge in [-0.05, 0) is 31.7 Å². The lowest BCUT2D eigenvalue weighted by atomic mass is 9.98. The number of rotatable bonds is 5. The Morgan fingerprint density at radius 1 is 1.22 bits per heavy atom. The number of hydrogen-bond acceptors (Lipinski definition) is 5. The molecule has 0 spiro atoms. The van der Waals surface area contributed by atoms with Crippen molar-refractivity contribution in [1.82, 2.24) is 14.4 Å². The first-order valence-corrected chi connectivity index (χ1v) is 9.47. The molecule has 1 saturated heterocycles. The molecule has 2 aromatic rings. The summed E-state index contributed by atoms with van der Waals surface area (Å²) in [5.41, 5.74) is 1.05. The molecule has 23 heavy (non-hydrogen) atoms. The zero-order chi connectivity index (χ0) is 16.3. The zero-order valence-corrected chi connectivity index (χ0v) is 14.0. The van der Waals surface area contributed by atoms with Crippen LogP contribution in [0.2, 0.25) is 0 Å². The molecule has 7 heteroatoms. The minimum Gasteiger partial charge on any atom is -0.339 e. The maximum absolute atomic E-state index is 12.5. The number of benzene rings is 1. The molecule has 6 nitrogen and oxygen atoms in total. The van der Waals surface area contributed by atoms with Gasteiger partial charge in [0.05, 0.1) is 5.75 Å². The molecule has 1 fully saturated rings. The lowest BCUT2D eigenvalue weighted by molar-refractivity contribution is 0.270. The second-order valence-corrected chi connectivity index (χ2v) is 7.99. The summed E-state index contributed by atoms with van der Waals surface area (Å²) in [6, 6.07) is 9.71. The average molecular weight is 335 g/mol. The van der Waals surface area contributed by atoms with Crippen LogP contribution in [-0.2, 0) is 16.4 Å². The molecule has 0 N–H and O–H groups in total. The molecule has 1 aromatic heterocycles. The minimum atomic E-state index is -3.22. The summed E-state index contributed by atoms with van der Waals surface area (Å²) in [6.45, 7) is 2.82. The summed E-state index contributed by atoms with van der Waals surface area (Å²) >= 11 is 0. The molecule has 0 bridgehead atoms. The molecule has 0 atom stereocenters. The van der Waals surface area contributed by atoms with E-state index in [9.17, 15) is 8.42 Å². The van der Waals surface area contributed by atoms with Crippen LogP contribution in [0.5, 0.6) is 0 Å². The molecule has 3 rings (SSSR count). The van der Waals surface area contributed by atoms with Crippen molar-refractivity contribution in [3.8, 4) is 0 Å². The third-order valence-electron chi connectivity index (χ3n) is 4.23. The first-order chi connectivity index (χ1) is 11.0. The molecule has 2 heterocycles. The van der Waals surface area contributed by atoms with Crippen LogP contribution in [0.15, 0.2) is 34.9 Å². The standard InChI is InChI=1S/C16H21N3O3S/c1-13-17-16(22-18-13)15-7-10-19(11-8-15)23(20,21)12-9-14-5-3-2-4-6-14/h2-6,15H,7-12H2,1H3. The Balaban J connectivity index is 1.55. The topological polar surface area (TPSA) is 76.3 Å². The van der Waals surface area contributed by atoms with E-state index in [1.807, 2.05) is 30.3 Å². The molecular formula is C16H21N3O3S. The van der Waals surface area contributed by atoms with Gasteiger partial charge >= 0.3 is 0 Å². The van der Waals surface area contributed by atoms with Gasteiger partial charge in [0.2, 0.25) is 15.9 Å². The Morgan fingerprint density at radius 3 is 2.52 bits per heavy atom. The fourth-order valence-electron chi connectivity index (χ4n) is 2.88. The van der Waals surface area contributed by atoms with Crippen molar-refractivity contribution in [2.75, 3.05) is 18.8 Å².